The number of rotatable bonds is 4. The molecule has 0 aliphatic heterocycles. The third-order valence-corrected chi connectivity index (χ3v) is 3.59. The van der Waals surface area contributed by atoms with Crippen LogP contribution in [-0.2, 0) is 0 Å². The fourth-order valence-corrected chi connectivity index (χ4v) is 2.33. The molecule has 0 aliphatic carbocycles. The standard InChI is InChI=1S/C16H19FN2O/c1-10-4-9-14(16(20-3)11(10)2)15(19-18)12-5-7-13(17)8-6-12/h4-9,15,19H,18H2,1-3H3. The largest absolute Gasteiger partial charge is 0.496 e. The van der Waals surface area contributed by atoms with Crippen molar-refractivity contribution < 1.29 is 9.13 Å². The highest BCUT2D eigenvalue weighted by Crippen LogP contribution is 2.33. The van der Waals surface area contributed by atoms with Crippen LogP contribution in [-0.4, -0.2) is 7.11 Å². The highest BCUT2D eigenvalue weighted by atomic mass is 19.1. The van der Waals surface area contributed by atoms with Crippen molar-refractivity contribution >= 4 is 0 Å². The maximum absolute atomic E-state index is 13.0. The van der Waals surface area contributed by atoms with Gasteiger partial charge in [-0.2, -0.15) is 0 Å². The third kappa shape index (κ3) is 2.66. The molecule has 0 bridgehead atoms. The van der Waals surface area contributed by atoms with E-state index in [4.69, 9.17) is 10.6 Å². The SMILES string of the molecule is COc1c(C(NN)c2ccc(F)cc2)ccc(C)c1C. The molecular formula is C16H19FN2O. The Morgan fingerprint density at radius 2 is 1.75 bits per heavy atom. The van der Waals surface area contributed by atoms with Crippen molar-refractivity contribution in [2.75, 3.05) is 7.11 Å². The zero-order valence-electron chi connectivity index (χ0n) is 11.9. The van der Waals surface area contributed by atoms with E-state index in [0.29, 0.717) is 0 Å². The zero-order valence-corrected chi connectivity index (χ0v) is 11.9. The summed E-state index contributed by atoms with van der Waals surface area (Å²) in [6.07, 6.45) is 0. The Kier molecular flexibility index (Phi) is 4.37. The highest BCUT2D eigenvalue weighted by molar-refractivity contribution is 5.49. The lowest BCUT2D eigenvalue weighted by atomic mass is 9.94. The first-order chi connectivity index (χ1) is 9.58. The minimum Gasteiger partial charge on any atom is -0.496 e. The molecule has 0 fully saturated rings. The van der Waals surface area contributed by atoms with Crippen LogP contribution in [0.15, 0.2) is 36.4 Å². The first kappa shape index (κ1) is 14.5. The van der Waals surface area contributed by atoms with E-state index in [1.165, 1.54) is 12.1 Å². The molecule has 3 nitrogen and oxygen atoms in total. The molecule has 2 aromatic rings. The average Bonchev–Trinajstić information content (AvgIpc) is 2.45. The van der Waals surface area contributed by atoms with Gasteiger partial charge in [0.25, 0.3) is 0 Å². The van der Waals surface area contributed by atoms with Crippen molar-refractivity contribution in [1.29, 1.82) is 0 Å². The number of hydrogen-bond acceptors (Lipinski definition) is 3. The number of nitrogens with one attached hydrogen (secondary N) is 1. The van der Waals surface area contributed by atoms with Crippen molar-refractivity contribution in [3.63, 3.8) is 0 Å². The maximum atomic E-state index is 13.0. The second-order valence-corrected chi connectivity index (χ2v) is 4.78. The molecule has 20 heavy (non-hydrogen) atoms. The number of methoxy groups -OCH3 is 1. The van der Waals surface area contributed by atoms with Gasteiger partial charge in [0.1, 0.15) is 11.6 Å². The first-order valence-corrected chi connectivity index (χ1v) is 6.44. The van der Waals surface area contributed by atoms with Crippen molar-refractivity contribution in [1.82, 2.24) is 5.43 Å². The second-order valence-electron chi connectivity index (χ2n) is 4.78. The maximum Gasteiger partial charge on any atom is 0.127 e. The Balaban J connectivity index is 2.52. The molecule has 106 valence electrons. The van der Waals surface area contributed by atoms with Crippen LogP contribution >= 0.6 is 0 Å². The van der Waals surface area contributed by atoms with Crippen LogP contribution < -0.4 is 16.0 Å². The van der Waals surface area contributed by atoms with Crippen molar-refractivity contribution in [3.8, 4) is 5.75 Å². The summed E-state index contributed by atoms with van der Waals surface area (Å²) in [6.45, 7) is 4.04. The topological polar surface area (TPSA) is 47.3 Å². The summed E-state index contributed by atoms with van der Waals surface area (Å²) in [4.78, 5) is 0. The molecule has 2 aromatic carbocycles. The molecule has 0 saturated carbocycles. The fourth-order valence-electron chi connectivity index (χ4n) is 2.33. The monoisotopic (exact) mass is 274 g/mol. The van der Waals surface area contributed by atoms with Gasteiger partial charge in [0.15, 0.2) is 0 Å². The fraction of sp³-hybridized carbons (Fsp3) is 0.250. The van der Waals surface area contributed by atoms with Gasteiger partial charge in [-0.15, -0.1) is 0 Å². The Labute approximate surface area is 118 Å². The Morgan fingerprint density at radius 3 is 2.30 bits per heavy atom. The van der Waals surface area contributed by atoms with Gasteiger partial charge in [0.05, 0.1) is 13.2 Å². The van der Waals surface area contributed by atoms with Gasteiger partial charge in [0, 0.05) is 5.56 Å². The summed E-state index contributed by atoms with van der Waals surface area (Å²) in [7, 11) is 1.64. The third-order valence-electron chi connectivity index (χ3n) is 3.59. The van der Waals surface area contributed by atoms with E-state index < -0.39 is 0 Å². The lowest BCUT2D eigenvalue weighted by molar-refractivity contribution is 0.400. The van der Waals surface area contributed by atoms with Crippen LogP contribution in [0.1, 0.15) is 28.3 Å². The predicted molar refractivity (Wildman–Crippen MR) is 78.0 cm³/mol. The van der Waals surface area contributed by atoms with E-state index in [0.717, 1.165) is 28.0 Å². The first-order valence-electron chi connectivity index (χ1n) is 6.44. The minimum absolute atomic E-state index is 0.246. The lowest BCUT2D eigenvalue weighted by Gasteiger charge is -2.21. The smallest absolute Gasteiger partial charge is 0.127 e. The number of aryl methyl sites for hydroxylation is 1. The van der Waals surface area contributed by atoms with Gasteiger partial charge in [-0.05, 0) is 42.7 Å². The number of halogens is 1. The Bertz CT molecular complexity index is 596. The average molecular weight is 274 g/mol. The van der Waals surface area contributed by atoms with Crippen LogP contribution in [0.2, 0.25) is 0 Å². The summed E-state index contributed by atoms with van der Waals surface area (Å²) < 4.78 is 18.6. The molecule has 0 radical (unpaired) electrons. The van der Waals surface area contributed by atoms with E-state index in [9.17, 15) is 4.39 Å². The quantitative estimate of drug-likeness (QED) is 0.665. The van der Waals surface area contributed by atoms with Crippen molar-refractivity contribution in [2.24, 2.45) is 5.84 Å². The number of hydrogen-bond donors (Lipinski definition) is 2. The molecule has 3 N–H and O–H groups in total. The molecule has 1 atom stereocenters. The van der Waals surface area contributed by atoms with Gasteiger partial charge < -0.3 is 4.74 Å². The van der Waals surface area contributed by atoms with Crippen LogP contribution in [0.5, 0.6) is 5.75 Å². The van der Waals surface area contributed by atoms with Gasteiger partial charge >= 0.3 is 0 Å². The molecule has 0 aliphatic rings. The Hall–Kier alpha value is -1.91. The molecule has 0 heterocycles. The molecule has 0 aromatic heterocycles. The van der Waals surface area contributed by atoms with Gasteiger partial charge in [-0.3, -0.25) is 5.84 Å². The number of benzene rings is 2. The summed E-state index contributed by atoms with van der Waals surface area (Å²) >= 11 is 0. The lowest BCUT2D eigenvalue weighted by Crippen LogP contribution is -2.29. The van der Waals surface area contributed by atoms with Crippen molar-refractivity contribution in [3.05, 3.63) is 64.5 Å². The van der Waals surface area contributed by atoms with Crippen LogP contribution in [0.4, 0.5) is 4.39 Å². The molecular weight excluding hydrogens is 255 g/mol. The molecule has 2 rings (SSSR count). The van der Waals surface area contributed by atoms with E-state index in [-0.39, 0.29) is 11.9 Å². The summed E-state index contributed by atoms with van der Waals surface area (Å²) in [5.74, 6) is 6.22. The van der Waals surface area contributed by atoms with E-state index in [1.807, 2.05) is 26.0 Å². The number of hydrazine groups is 1. The normalized spacial score (nSPS) is 12.2. The molecule has 0 saturated heterocycles. The summed E-state index contributed by atoms with van der Waals surface area (Å²) in [6, 6.07) is 10.0. The zero-order chi connectivity index (χ0) is 14.7. The van der Waals surface area contributed by atoms with Gasteiger partial charge in [-0.1, -0.05) is 24.3 Å². The van der Waals surface area contributed by atoms with Crippen LogP contribution in [0.25, 0.3) is 0 Å². The molecule has 4 heteroatoms. The van der Waals surface area contributed by atoms with Crippen LogP contribution in [0, 0.1) is 19.7 Å². The van der Waals surface area contributed by atoms with Gasteiger partial charge in [0.2, 0.25) is 0 Å². The molecule has 0 amide bonds. The molecule has 1 unspecified atom stereocenters. The highest BCUT2D eigenvalue weighted by Gasteiger charge is 2.19. The predicted octanol–water partition coefficient (Wildman–Crippen LogP) is 3.00. The number of ether oxygens (including phenoxy) is 1. The van der Waals surface area contributed by atoms with Gasteiger partial charge in [-0.25, -0.2) is 9.82 Å². The van der Waals surface area contributed by atoms with Crippen molar-refractivity contribution in [2.45, 2.75) is 19.9 Å². The Morgan fingerprint density at radius 1 is 1.10 bits per heavy atom. The summed E-state index contributed by atoms with van der Waals surface area (Å²) in [5, 5.41) is 0. The molecule has 0 spiro atoms. The summed E-state index contributed by atoms with van der Waals surface area (Å²) in [5.41, 5.74) is 6.82. The van der Waals surface area contributed by atoms with E-state index in [1.54, 1.807) is 19.2 Å². The van der Waals surface area contributed by atoms with E-state index >= 15 is 0 Å². The van der Waals surface area contributed by atoms with E-state index in [2.05, 4.69) is 5.43 Å². The van der Waals surface area contributed by atoms with Crippen LogP contribution in [0.3, 0.4) is 0 Å². The second kappa shape index (κ2) is 6.03. The number of nitrogens with two attached hydrogens (primary N) is 1. The minimum atomic E-state index is -0.267.